The molecule has 1 aliphatic rings. The van der Waals surface area contributed by atoms with Crippen LogP contribution in [0.2, 0.25) is 0 Å². The van der Waals surface area contributed by atoms with Crippen molar-refractivity contribution in [3.63, 3.8) is 0 Å². The van der Waals surface area contributed by atoms with Crippen LogP contribution in [-0.2, 0) is 11.3 Å². The van der Waals surface area contributed by atoms with Crippen molar-refractivity contribution in [2.45, 2.75) is 20.4 Å². The number of anilines is 1. The SMILES string of the molecule is Cc1cc(C)n(-c2ccc(C(=O)Nc3ccc(CN4C(=O)CSC4=O)cc3)cn2)n1. The van der Waals surface area contributed by atoms with Crippen molar-refractivity contribution < 1.29 is 14.4 Å². The minimum absolute atomic E-state index is 0.182. The normalized spacial score (nSPS) is 13.7. The first-order chi connectivity index (χ1) is 14.4. The molecule has 1 aromatic carbocycles. The van der Waals surface area contributed by atoms with Crippen LogP contribution < -0.4 is 5.32 Å². The Balaban J connectivity index is 1.40. The van der Waals surface area contributed by atoms with Crippen LogP contribution in [0.4, 0.5) is 10.5 Å². The first-order valence-electron chi connectivity index (χ1n) is 9.28. The molecule has 1 N–H and O–H groups in total. The quantitative estimate of drug-likeness (QED) is 0.679. The second kappa shape index (κ2) is 8.11. The van der Waals surface area contributed by atoms with Crippen LogP contribution in [0.15, 0.2) is 48.7 Å². The lowest BCUT2D eigenvalue weighted by atomic mass is 10.2. The summed E-state index contributed by atoms with van der Waals surface area (Å²) in [5.74, 6) is 0.375. The molecule has 152 valence electrons. The lowest BCUT2D eigenvalue weighted by molar-refractivity contribution is -0.125. The van der Waals surface area contributed by atoms with Crippen LogP contribution >= 0.6 is 11.8 Å². The van der Waals surface area contributed by atoms with Gasteiger partial charge in [-0.2, -0.15) is 5.10 Å². The van der Waals surface area contributed by atoms with Gasteiger partial charge < -0.3 is 5.32 Å². The number of imide groups is 1. The van der Waals surface area contributed by atoms with Gasteiger partial charge in [0.05, 0.1) is 23.6 Å². The zero-order valence-electron chi connectivity index (χ0n) is 16.5. The van der Waals surface area contributed by atoms with E-state index in [4.69, 9.17) is 0 Å². The number of aryl methyl sites for hydroxylation is 2. The average molecular weight is 421 g/mol. The standard InChI is InChI=1S/C21H19N5O3S/c1-13-9-14(2)26(24-13)18-8-5-16(10-22-18)20(28)23-17-6-3-15(4-7-17)11-25-19(27)12-30-21(25)29/h3-10H,11-12H2,1-2H3,(H,23,28). The number of thioether (sulfide) groups is 1. The van der Waals surface area contributed by atoms with Crippen LogP contribution in [0.25, 0.3) is 5.82 Å². The molecule has 0 aliphatic carbocycles. The van der Waals surface area contributed by atoms with Gasteiger partial charge in [0.2, 0.25) is 5.91 Å². The van der Waals surface area contributed by atoms with E-state index in [2.05, 4.69) is 15.4 Å². The second-order valence-electron chi connectivity index (χ2n) is 6.93. The maximum Gasteiger partial charge on any atom is 0.289 e. The first-order valence-corrected chi connectivity index (χ1v) is 10.3. The Hall–Kier alpha value is -3.46. The fraction of sp³-hybridized carbons (Fsp3) is 0.190. The average Bonchev–Trinajstić information content (AvgIpc) is 3.24. The molecule has 3 aromatic rings. The predicted molar refractivity (Wildman–Crippen MR) is 114 cm³/mol. The van der Waals surface area contributed by atoms with Gasteiger partial charge in [0.15, 0.2) is 5.82 Å². The number of pyridine rings is 1. The Labute approximate surface area is 177 Å². The fourth-order valence-corrected chi connectivity index (χ4v) is 3.84. The van der Waals surface area contributed by atoms with Gasteiger partial charge in [0.1, 0.15) is 0 Å². The number of nitrogens with one attached hydrogen (secondary N) is 1. The van der Waals surface area contributed by atoms with E-state index >= 15 is 0 Å². The molecule has 2 aromatic heterocycles. The highest BCUT2D eigenvalue weighted by atomic mass is 32.2. The van der Waals surface area contributed by atoms with Gasteiger partial charge >= 0.3 is 0 Å². The van der Waals surface area contributed by atoms with Gasteiger partial charge in [-0.1, -0.05) is 23.9 Å². The molecule has 0 spiro atoms. The summed E-state index contributed by atoms with van der Waals surface area (Å²) in [7, 11) is 0. The fourth-order valence-electron chi connectivity index (χ4n) is 3.12. The number of hydrogen-bond acceptors (Lipinski definition) is 6. The number of amides is 3. The van der Waals surface area contributed by atoms with Crippen molar-refractivity contribution in [1.82, 2.24) is 19.7 Å². The van der Waals surface area contributed by atoms with Gasteiger partial charge in [-0.05, 0) is 49.7 Å². The smallest absolute Gasteiger partial charge is 0.289 e. The molecule has 1 saturated heterocycles. The summed E-state index contributed by atoms with van der Waals surface area (Å²) in [5, 5.41) is 6.97. The molecule has 3 heterocycles. The maximum absolute atomic E-state index is 12.5. The van der Waals surface area contributed by atoms with E-state index in [0.29, 0.717) is 17.1 Å². The molecule has 9 heteroatoms. The van der Waals surface area contributed by atoms with E-state index in [1.54, 1.807) is 41.1 Å². The van der Waals surface area contributed by atoms with Crippen LogP contribution in [0.1, 0.15) is 27.3 Å². The van der Waals surface area contributed by atoms with Crippen molar-refractivity contribution in [3.05, 3.63) is 71.2 Å². The van der Waals surface area contributed by atoms with Gasteiger partial charge in [-0.3, -0.25) is 19.3 Å². The highest BCUT2D eigenvalue weighted by Gasteiger charge is 2.29. The number of carbonyl (C=O) groups excluding carboxylic acids is 3. The van der Waals surface area contributed by atoms with Crippen LogP contribution in [-0.4, -0.2) is 42.5 Å². The topological polar surface area (TPSA) is 97.2 Å². The summed E-state index contributed by atoms with van der Waals surface area (Å²) in [6.07, 6.45) is 1.51. The lowest BCUT2D eigenvalue weighted by Crippen LogP contribution is -2.27. The Kier molecular flexibility index (Phi) is 5.37. The Morgan fingerprint density at radius 3 is 2.47 bits per heavy atom. The van der Waals surface area contributed by atoms with Crippen molar-refractivity contribution in [2.24, 2.45) is 0 Å². The number of nitrogens with zero attached hydrogens (tertiary/aromatic N) is 4. The first kappa shape index (κ1) is 19.8. The maximum atomic E-state index is 12.5. The second-order valence-corrected chi connectivity index (χ2v) is 7.86. The molecule has 3 amide bonds. The highest BCUT2D eigenvalue weighted by molar-refractivity contribution is 8.14. The highest BCUT2D eigenvalue weighted by Crippen LogP contribution is 2.22. The molecule has 0 atom stereocenters. The number of benzene rings is 1. The minimum Gasteiger partial charge on any atom is -0.322 e. The van der Waals surface area contributed by atoms with Crippen molar-refractivity contribution in [2.75, 3.05) is 11.1 Å². The predicted octanol–water partition coefficient (Wildman–Crippen LogP) is 3.33. The number of aromatic nitrogens is 3. The zero-order valence-corrected chi connectivity index (χ0v) is 17.3. The molecule has 8 nitrogen and oxygen atoms in total. The Morgan fingerprint density at radius 1 is 1.13 bits per heavy atom. The molecular weight excluding hydrogens is 402 g/mol. The molecule has 0 radical (unpaired) electrons. The molecule has 30 heavy (non-hydrogen) atoms. The van der Waals surface area contributed by atoms with E-state index < -0.39 is 0 Å². The van der Waals surface area contributed by atoms with Gasteiger partial charge in [-0.15, -0.1) is 0 Å². The van der Waals surface area contributed by atoms with E-state index in [0.717, 1.165) is 28.7 Å². The summed E-state index contributed by atoms with van der Waals surface area (Å²) >= 11 is 1.01. The monoisotopic (exact) mass is 421 g/mol. The van der Waals surface area contributed by atoms with E-state index in [1.807, 2.05) is 19.9 Å². The van der Waals surface area contributed by atoms with Gasteiger partial charge in [-0.25, -0.2) is 9.67 Å². The summed E-state index contributed by atoms with van der Waals surface area (Å²) in [6, 6.07) is 12.4. The number of carbonyl (C=O) groups is 3. The van der Waals surface area contributed by atoms with E-state index in [1.165, 1.54) is 11.1 Å². The molecule has 1 aliphatic heterocycles. The summed E-state index contributed by atoms with van der Waals surface area (Å²) < 4.78 is 1.73. The Morgan fingerprint density at radius 2 is 1.90 bits per heavy atom. The minimum atomic E-state index is -0.281. The third-order valence-corrected chi connectivity index (χ3v) is 5.49. The van der Waals surface area contributed by atoms with Crippen molar-refractivity contribution in [1.29, 1.82) is 0 Å². The Bertz CT molecular complexity index is 1110. The summed E-state index contributed by atoms with van der Waals surface area (Å²) in [5.41, 5.74) is 3.72. The van der Waals surface area contributed by atoms with Crippen molar-refractivity contribution >= 4 is 34.5 Å². The molecule has 0 saturated carbocycles. The number of hydrogen-bond donors (Lipinski definition) is 1. The third kappa shape index (κ3) is 4.11. The third-order valence-electron chi connectivity index (χ3n) is 4.63. The van der Waals surface area contributed by atoms with Crippen LogP contribution in [0.5, 0.6) is 0 Å². The lowest BCUT2D eigenvalue weighted by Gasteiger charge is -2.13. The zero-order chi connectivity index (χ0) is 21.3. The van der Waals surface area contributed by atoms with Gasteiger partial charge in [0.25, 0.3) is 11.1 Å². The van der Waals surface area contributed by atoms with Crippen LogP contribution in [0.3, 0.4) is 0 Å². The van der Waals surface area contributed by atoms with E-state index in [-0.39, 0.29) is 29.4 Å². The molecule has 1 fully saturated rings. The largest absolute Gasteiger partial charge is 0.322 e. The molecule has 0 bridgehead atoms. The number of rotatable bonds is 5. The molecular formula is C21H19N5O3S. The van der Waals surface area contributed by atoms with Crippen molar-refractivity contribution in [3.8, 4) is 5.82 Å². The molecule has 0 unspecified atom stereocenters. The molecule has 4 rings (SSSR count). The van der Waals surface area contributed by atoms with E-state index in [9.17, 15) is 14.4 Å². The summed E-state index contributed by atoms with van der Waals surface area (Å²) in [6.45, 7) is 4.09. The van der Waals surface area contributed by atoms with Gasteiger partial charge in [0, 0.05) is 17.6 Å². The van der Waals surface area contributed by atoms with Crippen LogP contribution in [0, 0.1) is 13.8 Å². The summed E-state index contributed by atoms with van der Waals surface area (Å²) in [4.78, 5) is 41.5.